The maximum absolute atomic E-state index is 10.3. The van der Waals surface area contributed by atoms with E-state index in [1.165, 1.54) is 0 Å². The molecule has 2 aromatic rings. The Morgan fingerprint density at radius 1 is 1.26 bits per heavy atom. The monoisotopic (exact) mass is 397 g/mol. The summed E-state index contributed by atoms with van der Waals surface area (Å²) in [5.74, 6) is 0.689. The molecule has 0 amide bonds. The third-order valence-corrected chi connectivity index (χ3v) is 4.51. The van der Waals surface area contributed by atoms with Gasteiger partial charge >= 0.3 is 0 Å². The minimum Gasteiger partial charge on any atom is -0.495 e. The van der Waals surface area contributed by atoms with Crippen molar-refractivity contribution in [1.82, 2.24) is 4.90 Å². The number of aliphatic hydroxyl groups is 1. The zero-order chi connectivity index (χ0) is 16.8. The third-order valence-electron chi connectivity index (χ3n) is 3.72. The van der Waals surface area contributed by atoms with Crippen LogP contribution in [0.15, 0.2) is 46.9 Å². The number of aliphatic hydroxyl groups excluding tert-OH is 1. The first-order valence-electron chi connectivity index (χ1n) is 7.44. The summed E-state index contributed by atoms with van der Waals surface area (Å²) in [5.41, 5.74) is 2.07. The van der Waals surface area contributed by atoms with Crippen LogP contribution in [0.3, 0.4) is 0 Å². The lowest BCUT2D eigenvalue weighted by Gasteiger charge is -2.21. The first-order chi connectivity index (χ1) is 11.0. The maximum Gasteiger partial charge on any atom is 0.137 e. The van der Waals surface area contributed by atoms with E-state index in [1.54, 1.807) is 7.11 Å². The maximum atomic E-state index is 10.3. The molecule has 23 heavy (non-hydrogen) atoms. The molecular formula is C18H21BrClNO2. The number of benzene rings is 2. The Morgan fingerprint density at radius 3 is 2.70 bits per heavy atom. The fraction of sp³-hybridized carbons (Fsp3) is 0.333. The summed E-state index contributed by atoms with van der Waals surface area (Å²) in [4.78, 5) is 2.11. The Kier molecular flexibility index (Phi) is 6.90. The van der Waals surface area contributed by atoms with E-state index in [1.807, 2.05) is 49.5 Å². The second-order valence-corrected chi connectivity index (χ2v) is 6.87. The molecule has 2 aromatic carbocycles. The predicted molar refractivity (Wildman–Crippen MR) is 98.3 cm³/mol. The van der Waals surface area contributed by atoms with Gasteiger partial charge in [0.25, 0.3) is 0 Å². The molecule has 0 aliphatic heterocycles. The molecule has 1 atom stereocenters. The first-order valence-corrected chi connectivity index (χ1v) is 8.61. The van der Waals surface area contributed by atoms with Gasteiger partial charge in [0, 0.05) is 17.6 Å². The van der Waals surface area contributed by atoms with Crippen LogP contribution >= 0.6 is 27.5 Å². The van der Waals surface area contributed by atoms with Crippen molar-refractivity contribution < 1.29 is 9.84 Å². The molecule has 0 radical (unpaired) electrons. The van der Waals surface area contributed by atoms with E-state index >= 15 is 0 Å². The van der Waals surface area contributed by atoms with Gasteiger partial charge in [0.15, 0.2) is 0 Å². The van der Waals surface area contributed by atoms with Gasteiger partial charge in [0.05, 0.1) is 18.2 Å². The second kappa shape index (κ2) is 8.69. The van der Waals surface area contributed by atoms with Crippen LogP contribution in [0, 0.1) is 0 Å². The van der Waals surface area contributed by atoms with Gasteiger partial charge in [-0.05, 0) is 48.9 Å². The molecule has 1 unspecified atom stereocenters. The van der Waals surface area contributed by atoms with Crippen LogP contribution in [-0.4, -0.2) is 37.3 Å². The highest BCUT2D eigenvalue weighted by Crippen LogP contribution is 2.25. The van der Waals surface area contributed by atoms with Crippen LogP contribution in [0.2, 0.25) is 5.02 Å². The van der Waals surface area contributed by atoms with Crippen molar-refractivity contribution in [3.63, 3.8) is 0 Å². The van der Waals surface area contributed by atoms with E-state index in [0.29, 0.717) is 17.3 Å². The number of rotatable bonds is 7. The molecule has 0 fully saturated rings. The molecule has 3 nitrogen and oxygen atoms in total. The number of ether oxygens (including phenoxy) is 1. The Hall–Kier alpha value is -1.07. The van der Waals surface area contributed by atoms with E-state index in [0.717, 1.165) is 28.6 Å². The molecule has 1 N–H and O–H groups in total. The summed E-state index contributed by atoms with van der Waals surface area (Å²) in [6.07, 6.45) is 0.364. The number of likely N-dealkylation sites (N-methyl/N-ethyl adjacent to an activating group) is 1. The topological polar surface area (TPSA) is 32.7 Å². The summed E-state index contributed by atoms with van der Waals surface area (Å²) < 4.78 is 6.13. The van der Waals surface area contributed by atoms with Crippen molar-refractivity contribution in [2.24, 2.45) is 0 Å². The number of methoxy groups -OCH3 is 1. The first kappa shape index (κ1) is 18.3. The molecule has 0 aromatic heterocycles. The van der Waals surface area contributed by atoms with Gasteiger partial charge in [-0.2, -0.15) is 0 Å². The van der Waals surface area contributed by atoms with Gasteiger partial charge in [0.2, 0.25) is 0 Å². The number of hydrogen-bond acceptors (Lipinski definition) is 3. The third kappa shape index (κ3) is 5.50. The SMILES string of the molecule is COc1ccc(CCN(C)CC(O)c2cccc(Br)c2)cc1Cl. The lowest BCUT2D eigenvalue weighted by molar-refractivity contribution is 0.127. The summed E-state index contributed by atoms with van der Waals surface area (Å²) in [6.45, 7) is 1.42. The van der Waals surface area contributed by atoms with E-state index < -0.39 is 6.10 Å². The molecule has 2 rings (SSSR count). The molecule has 0 saturated carbocycles. The van der Waals surface area contributed by atoms with Gasteiger partial charge < -0.3 is 14.7 Å². The molecule has 5 heteroatoms. The predicted octanol–water partition coefficient (Wildman–Crippen LogP) is 4.32. The Morgan fingerprint density at radius 2 is 2.04 bits per heavy atom. The summed E-state index contributed by atoms with van der Waals surface area (Å²) in [5, 5.41) is 11.0. The molecule has 0 saturated heterocycles. The number of hydrogen-bond donors (Lipinski definition) is 1. The highest BCUT2D eigenvalue weighted by Gasteiger charge is 2.11. The standard InChI is InChI=1S/C18H21BrClNO2/c1-21(12-17(22)14-4-3-5-15(19)11-14)9-8-13-6-7-18(23-2)16(20)10-13/h3-7,10-11,17,22H,8-9,12H2,1-2H3. The van der Waals surface area contributed by atoms with E-state index in [2.05, 4.69) is 20.8 Å². The van der Waals surface area contributed by atoms with Crippen molar-refractivity contribution in [3.05, 3.63) is 63.1 Å². The van der Waals surface area contributed by atoms with Crippen molar-refractivity contribution >= 4 is 27.5 Å². The Labute approximate surface area is 151 Å². The lowest BCUT2D eigenvalue weighted by Crippen LogP contribution is -2.26. The molecule has 124 valence electrons. The zero-order valence-corrected chi connectivity index (χ0v) is 15.6. The average molecular weight is 399 g/mol. The van der Waals surface area contributed by atoms with E-state index in [4.69, 9.17) is 16.3 Å². The van der Waals surface area contributed by atoms with Gasteiger partial charge in [0.1, 0.15) is 5.75 Å². The Bertz CT molecular complexity index is 651. The normalized spacial score (nSPS) is 12.4. The van der Waals surface area contributed by atoms with E-state index in [9.17, 15) is 5.11 Å². The molecule has 0 aliphatic rings. The minimum absolute atomic E-state index is 0.503. The molecule has 0 heterocycles. The van der Waals surface area contributed by atoms with Crippen LogP contribution in [-0.2, 0) is 6.42 Å². The van der Waals surface area contributed by atoms with Gasteiger partial charge in [-0.25, -0.2) is 0 Å². The van der Waals surface area contributed by atoms with Gasteiger partial charge in [-0.15, -0.1) is 0 Å². The van der Waals surface area contributed by atoms with Crippen LogP contribution in [0.5, 0.6) is 5.75 Å². The molecular weight excluding hydrogens is 378 g/mol. The summed E-state index contributed by atoms with van der Waals surface area (Å²) in [6, 6.07) is 13.6. The van der Waals surface area contributed by atoms with Crippen molar-refractivity contribution in [1.29, 1.82) is 0 Å². The lowest BCUT2D eigenvalue weighted by atomic mass is 10.1. The van der Waals surface area contributed by atoms with E-state index in [-0.39, 0.29) is 0 Å². The quantitative estimate of drug-likeness (QED) is 0.754. The van der Waals surface area contributed by atoms with Crippen LogP contribution < -0.4 is 4.74 Å². The number of nitrogens with zero attached hydrogens (tertiary/aromatic N) is 1. The molecule has 0 bridgehead atoms. The number of halogens is 2. The van der Waals surface area contributed by atoms with Crippen LogP contribution in [0.25, 0.3) is 0 Å². The highest BCUT2D eigenvalue weighted by molar-refractivity contribution is 9.10. The summed E-state index contributed by atoms with van der Waals surface area (Å²) in [7, 11) is 3.62. The highest BCUT2D eigenvalue weighted by atomic mass is 79.9. The summed E-state index contributed by atoms with van der Waals surface area (Å²) >= 11 is 9.57. The zero-order valence-electron chi connectivity index (χ0n) is 13.3. The van der Waals surface area contributed by atoms with Crippen LogP contribution in [0.1, 0.15) is 17.2 Å². The minimum atomic E-state index is -0.503. The van der Waals surface area contributed by atoms with Crippen LogP contribution in [0.4, 0.5) is 0 Å². The molecule has 0 aliphatic carbocycles. The second-order valence-electron chi connectivity index (χ2n) is 5.55. The fourth-order valence-corrected chi connectivity index (χ4v) is 3.09. The van der Waals surface area contributed by atoms with Crippen molar-refractivity contribution in [3.8, 4) is 5.75 Å². The molecule has 0 spiro atoms. The van der Waals surface area contributed by atoms with Gasteiger partial charge in [-0.1, -0.05) is 45.7 Å². The smallest absolute Gasteiger partial charge is 0.137 e. The van der Waals surface area contributed by atoms with Gasteiger partial charge in [-0.3, -0.25) is 0 Å². The largest absolute Gasteiger partial charge is 0.495 e. The van der Waals surface area contributed by atoms with Crippen molar-refractivity contribution in [2.45, 2.75) is 12.5 Å². The Balaban J connectivity index is 1.87. The average Bonchev–Trinajstić information content (AvgIpc) is 2.53. The fourth-order valence-electron chi connectivity index (χ4n) is 2.39. The van der Waals surface area contributed by atoms with Crippen molar-refractivity contribution in [2.75, 3.05) is 27.2 Å².